The first-order valence-corrected chi connectivity index (χ1v) is 19.6. The highest BCUT2D eigenvalue weighted by Gasteiger charge is 2.31. The molecule has 3 aliphatic heterocycles. The number of piperidine rings is 2. The standard InChI is InChI=1S/C41H50F2N8O3/c42-30-11-14-34(43)32(26-30)36-8-7-22-50(36)37-19-25-51-39(47-37)33(27-45-51)40(53)44-20-5-3-1-2-4-6-21-49-23-17-29(18-24-49)28-9-12-31(13-10-28)46-35-15-16-38(52)48-41(35)54/h9-14,19,25-27,29,35-36,46H,1-8,15-18,20-24H2,(H,44,53)(H,48,52,54)/t35?,36-/m1/s1. The van der Waals surface area contributed by atoms with Crippen LogP contribution in [0.25, 0.3) is 5.65 Å². The number of benzene rings is 2. The number of aromatic nitrogens is 3. The highest BCUT2D eigenvalue weighted by atomic mass is 19.1. The predicted octanol–water partition coefficient (Wildman–Crippen LogP) is 6.52. The van der Waals surface area contributed by atoms with Gasteiger partial charge in [0.1, 0.15) is 29.1 Å². The zero-order chi connectivity index (χ0) is 37.4. The van der Waals surface area contributed by atoms with Crippen molar-refractivity contribution in [2.75, 3.05) is 42.9 Å². The van der Waals surface area contributed by atoms with Crippen molar-refractivity contribution in [3.05, 3.63) is 89.2 Å². The van der Waals surface area contributed by atoms with E-state index in [4.69, 9.17) is 4.98 Å². The van der Waals surface area contributed by atoms with Gasteiger partial charge in [0.2, 0.25) is 11.8 Å². The predicted molar refractivity (Wildman–Crippen MR) is 203 cm³/mol. The fourth-order valence-corrected chi connectivity index (χ4v) is 8.15. The molecule has 0 aliphatic carbocycles. The van der Waals surface area contributed by atoms with Crippen LogP contribution in [0.5, 0.6) is 0 Å². The number of hydrogen-bond donors (Lipinski definition) is 3. The molecule has 3 amide bonds. The number of nitrogens with one attached hydrogen (secondary N) is 3. The molecule has 3 saturated heterocycles. The van der Waals surface area contributed by atoms with Gasteiger partial charge in [0.05, 0.1) is 12.2 Å². The number of nitrogens with zero attached hydrogens (tertiary/aromatic N) is 5. The molecule has 0 saturated carbocycles. The molecule has 11 nitrogen and oxygen atoms in total. The SMILES string of the molecule is O=C1CCC(Nc2ccc(C3CCN(CCCCCCCCNC(=O)c4cnn5ccc(N6CCC[C@@H]6c6cc(F)ccc6F)nc45)CC3)cc2)C(=O)N1. The molecule has 0 spiro atoms. The second-order valence-corrected chi connectivity index (χ2v) is 14.9. The molecular weight excluding hydrogens is 690 g/mol. The normalized spacial score (nSPS) is 19.7. The molecule has 5 heterocycles. The van der Waals surface area contributed by atoms with E-state index in [1.54, 1.807) is 16.8 Å². The molecule has 0 radical (unpaired) electrons. The Morgan fingerprint density at radius 1 is 0.889 bits per heavy atom. The summed E-state index contributed by atoms with van der Waals surface area (Å²) < 4.78 is 30.2. The number of fused-ring (bicyclic) bond motifs is 1. The van der Waals surface area contributed by atoms with Crippen LogP contribution in [0, 0.1) is 11.6 Å². The summed E-state index contributed by atoms with van der Waals surface area (Å²) in [6.45, 7) is 4.59. The van der Waals surface area contributed by atoms with Crippen molar-refractivity contribution in [1.82, 2.24) is 30.1 Å². The maximum Gasteiger partial charge on any atom is 0.256 e. The molecule has 4 aromatic rings. The first-order valence-electron chi connectivity index (χ1n) is 19.6. The first-order chi connectivity index (χ1) is 26.3. The van der Waals surface area contributed by atoms with Gasteiger partial charge in [-0.05, 0) is 112 Å². The van der Waals surface area contributed by atoms with Gasteiger partial charge in [-0.1, -0.05) is 37.8 Å². The molecule has 3 N–H and O–H groups in total. The number of imide groups is 1. The van der Waals surface area contributed by atoms with E-state index in [2.05, 4.69) is 38.1 Å². The summed E-state index contributed by atoms with van der Waals surface area (Å²) in [4.78, 5) is 45.9. The largest absolute Gasteiger partial charge is 0.374 e. The Morgan fingerprint density at radius 3 is 2.46 bits per heavy atom. The molecule has 7 rings (SSSR count). The van der Waals surface area contributed by atoms with Crippen molar-refractivity contribution < 1.29 is 23.2 Å². The van der Waals surface area contributed by atoms with Crippen LogP contribution < -0.4 is 20.9 Å². The highest BCUT2D eigenvalue weighted by molar-refractivity contribution is 6.01. The van der Waals surface area contributed by atoms with Crippen LogP contribution in [-0.2, 0) is 9.59 Å². The Hall–Kier alpha value is -4.91. The minimum Gasteiger partial charge on any atom is -0.374 e. The number of likely N-dealkylation sites (tertiary alicyclic amines) is 1. The third-order valence-corrected chi connectivity index (χ3v) is 11.2. The van der Waals surface area contributed by atoms with E-state index < -0.39 is 11.6 Å². The lowest BCUT2D eigenvalue weighted by Gasteiger charge is -2.32. The highest BCUT2D eigenvalue weighted by Crippen LogP contribution is 2.37. The molecular formula is C41H50F2N8O3. The van der Waals surface area contributed by atoms with Gasteiger partial charge in [-0.15, -0.1) is 0 Å². The van der Waals surface area contributed by atoms with Crippen molar-refractivity contribution in [3.8, 4) is 0 Å². The summed E-state index contributed by atoms with van der Waals surface area (Å²) >= 11 is 0. The van der Waals surface area contributed by atoms with Crippen LogP contribution in [0.2, 0.25) is 0 Å². The van der Waals surface area contributed by atoms with E-state index in [1.165, 1.54) is 43.2 Å². The molecule has 2 aromatic heterocycles. The van der Waals surface area contributed by atoms with Crippen LogP contribution in [0.1, 0.15) is 110 Å². The first kappa shape index (κ1) is 37.4. The average molecular weight is 741 g/mol. The Morgan fingerprint density at radius 2 is 1.67 bits per heavy atom. The number of halogens is 2. The van der Waals surface area contributed by atoms with Gasteiger partial charge in [-0.2, -0.15) is 5.10 Å². The second-order valence-electron chi connectivity index (χ2n) is 14.9. The third-order valence-electron chi connectivity index (χ3n) is 11.2. The van der Waals surface area contributed by atoms with Gasteiger partial charge in [0.15, 0.2) is 5.65 Å². The second kappa shape index (κ2) is 17.5. The summed E-state index contributed by atoms with van der Waals surface area (Å²) in [5.41, 5.74) is 3.41. The molecule has 2 atom stereocenters. The summed E-state index contributed by atoms with van der Waals surface area (Å²) in [6.07, 6.45) is 14.6. The van der Waals surface area contributed by atoms with Crippen LogP contribution in [0.4, 0.5) is 20.3 Å². The quantitative estimate of drug-likeness (QED) is 0.0931. The summed E-state index contributed by atoms with van der Waals surface area (Å²) in [6, 6.07) is 13.1. The van der Waals surface area contributed by atoms with Crippen LogP contribution in [-0.4, -0.2) is 76.0 Å². The lowest BCUT2D eigenvalue weighted by molar-refractivity contribution is -0.133. The van der Waals surface area contributed by atoms with E-state index in [1.807, 2.05) is 17.0 Å². The van der Waals surface area contributed by atoms with Gasteiger partial charge in [0, 0.05) is 37.0 Å². The fourth-order valence-electron chi connectivity index (χ4n) is 8.15. The number of carbonyl (C=O) groups is 3. The molecule has 3 aliphatic rings. The van der Waals surface area contributed by atoms with Gasteiger partial charge in [-0.25, -0.2) is 18.3 Å². The van der Waals surface area contributed by atoms with E-state index in [9.17, 15) is 23.2 Å². The molecule has 0 bridgehead atoms. The van der Waals surface area contributed by atoms with E-state index >= 15 is 0 Å². The maximum absolute atomic E-state index is 14.6. The maximum atomic E-state index is 14.6. The van der Waals surface area contributed by atoms with Crippen molar-refractivity contribution in [1.29, 1.82) is 0 Å². The van der Waals surface area contributed by atoms with Crippen molar-refractivity contribution in [2.45, 2.75) is 95.1 Å². The Kier molecular flexibility index (Phi) is 12.1. The monoisotopic (exact) mass is 740 g/mol. The molecule has 286 valence electrons. The lowest BCUT2D eigenvalue weighted by atomic mass is 9.89. The summed E-state index contributed by atoms with van der Waals surface area (Å²) in [7, 11) is 0. The van der Waals surface area contributed by atoms with E-state index in [-0.39, 0.29) is 29.8 Å². The molecule has 13 heteroatoms. The minimum atomic E-state index is -0.468. The Labute approximate surface area is 314 Å². The zero-order valence-electron chi connectivity index (χ0n) is 30.7. The average Bonchev–Trinajstić information content (AvgIpc) is 3.84. The molecule has 1 unspecified atom stereocenters. The summed E-state index contributed by atoms with van der Waals surface area (Å²) in [5, 5.41) is 13.0. The Bertz CT molecular complexity index is 1930. The van der Waals surface area contributed by atoms with Crippen molar-refractivity contribution in [3.63, 3.8) is 0 Å². The van der Waals surface area contributed by atoms with Gasteiger partial charge in [-0.3, -0.25) is 19.7 Å². The van der Waals surface area contributed by atoms with Crippen LogP contribution in [0.3, 0.4) is 0 Å². The van der Waals surface area contributed by atoms with Gasteiger partial charge < -0.3 is 20.4 Å². The zero-order valence-corrected chi connectivity index (χ0v) is 30.7. The smallest absolute Gasteiger partial charge is 0.256 e. The number of unbranched alkanes of at least 4 members (excludes halogenated alkanes) is 5. The summed E-state index contributed by atoms with van der Waals surface area (Å²) in [5.74, 6) is -0.413. The number of carbonyl (C=O) groups excluding carboxylic acids is 3. The van der Waals surface area contributed by atoms with Gasteiger partial charge >= 0.3 is 0 Å². The van der Waals surface area contributed by atoms with Crippen LogP contribution >= 0.6 is 0 Å². The van der Waals surface area contributed by atoms with E-state index in [0.29, 0.717) is 60.9 Å². The van der Waals surface area contributed by atoms with E-state index in [0.717, 1.165) is 69.9 Å². The number of amides is 3. The van der Waals surface area contributed by atoms with Gasteiger partial charge in [0.25, 0.3) is 5.91 Å². The minimum absolute atomic E-state index is 0.203. The number of anilines is 2. The molecule has 2 aromatic carbocycles. The number of rotatable bonds is 15. The number of hydrogen-bond acceptors (Lipinski definition) is 8. The van der Waals surface area contributed by atoms with Crippen molar-refractivity contribution in [2.24, 2.45) is 0 Å². The van der Waals surface area contributed by atoms with Crippen LogP contribution in [0.15, 0.2) is 60.9 Å². The van der Waals surface area contributed by atoms with Crippen molar-refractivity contribution >= 4 is 34.9 Å². The fraction of sp³-hybridized carbons (Fsp3) is 0.488. The Balaban J connectivity index is 0.768. The third kappa shape index (κ3) is 9.06. The molecule has 3 fully saturated rings. The molecule has 54 heavy (non-hydrogen) atoms. The lowest BCUT2D eigenvalue weighted by Crippen LogP contribution is -2.47. The topological polar surface area (TPSA) is 124 Å².